The number of rotatable bonds is 7. The molecule has 132 valence electrons. The van der Waals surface area contributed by atoms with Crippen molar-refractivity contribution in [3.63, 3.8) is 0 Å². The summed E-state index contributed by atoms with van der Waals surface area (Å²) in [5.74, 6) is 1.83. The van der Waals surface area contributed by atoms with Gasteiger partial charge in [0.25, 0.3) is 5.88 Å². The summed E-state index contributed by atoms with van der Waals surface area (Å²) < 4.78 is 16.3. The van der Waals surface area contributed by atoms with Crippen molar-refractivity contribution in [3.8, 4) is 23.1 Å². The van der Waals surface area contributed by atoms with E-state index in [4.69, 9.17) is 14.2 Å². The Morgan fingerprint density at radius 3 is 2.27 bits per heavy atom. The van der Waals surface area contributed by atoms with Crippen LogP contribution in [0.5, 0.6) is 23.1 Å². The maximum atomic E-state index is 11.0. The smallest absolute Gasteiger partial charge is 0.331 e. The minimum atomic E-state index is -0.533. The molecule has 0 saturated carbocycles. The summed E-state index contributed by atoms with van der Waals surface area (Å²) in [5.41, 5.74) is 0.822. The molecule has 0 radical (unpaired) electrons. The molecule has 7 nitrogen and oxygen atoms in total. The Morgan fingerprint density at radius 2 is 1.62 bits per heavy atom. The number of ether oxygens (including phenoxy) is 3. The van der Waals surface area contributed by atoms with E-state index in [0.29, 0.717) is 18.1 Å². The first-order valence-corrected chi connectivity index (χ1v) is 7.79. The fraction of sp³-hybridized carbons (Fsp3) is 0.105. The second kappa shape index (κ2) is 7.98. The van der Waals surface area contributed by atoms with Crippen LogP contribution in [0.25, 0.3) is 0 Å². The molecular formula is C19H16N2O5. The van der Waals surface area contributed by atoms with Gasteiger partial charge in [0, 0.05) is 12.3 Å². The van der Waals surface area contributed by atoms with Crippen LogP contribution < -0.4 is 14.2 Å². The van der Waals surface area contributed by atoms with Crippen molar-refractivity contribution in [2.75, 3.05) is 7.11 Å². The molecule has 0 unspecified atom stereocenters. The van der Waals surface area contributed by atoms with Crippen LogP contribution in [0.2, 0.25) is 0 Å². The Labute approximate surface area is 149 Å². The average molecular weight is 352 g/mol. The first-order valence-electron chi connectivity index (χ1n) is 7.79. The van der Waals surface area contributed by atoms with Crippen molar-refractivity contribution in [3.05, 3.63) is 82.5 Å². The van der Waals surface area contributed by atoms with E-state index in [1.54, 1.807) is 31.4 Å². The molecule has 0 N–H and O–H groups in total. The molecule has 1 heterocycles. The zero-order valence-corrected chi connectivity index (χ0v) is 14.0. The normalized spacial score (nSPS) is 10.2. The van der Waals surface area contributed by atoms with Crippen LogP contribution in [0.1, 0.15) is 5.56 Å². The number of hydrogen-bond acceptors (Lipinski definition) is 6. The average Bonchev–Trinajstić information content (AvgIpc) is 2.68. The lowest BCUT2D eigenvalue weighted by atomic mass is 10.2. The standard InChI is InChI=1S/C19H16N2O5/c1-24-15-6-4-14(5-7-15)13-25-16-8-10-17(11-9-16)26-19-18(21(22)23)3-2-12-20-19/h2-12H,13H2,1H3. The molecule has 7 heteroatoms. The zero-order chi connectivity index (χ0) is 18.4. The van der Waals surface area contributed by atoms with Crippen molar-refractivity contribution >= 4 is 5.69 Å². The van der Waals surface area contributed by atoms with Crippen molar-refractivity contribution in [2.24, 2.45) is 0 Å². The summed E-state index contributed by atoms with van der Waals surface area (Å²) in [6.45, 7) is 0.413. The van der Waals surface area contributed by atoms with Gasteiger partial charge in [-0.25, -0.2) is 4.98 Å². The van der Waals surface area contributed by atoms with Crippen LogP contribution in [0, 0.1) is 10.1 Å². The van der Waals surface area contributed by atoms with E-state index in [1.165, 1.54) is 18.3 Å². The number of nitrogens with zero attached hydrogens (tertiary/aromatic N) is 2. The molecule has 26 heavy (non-hydrogen) atoms. The summed E-state index contributed by atoms with van der Waals surface area (Å²) in [7, 11) is 1.62. The molecule has 0 spiro atoms. The highest BCUT2D eigenvalue weighted by Gasteiger charge is 2.16. The van der Waals surface area contributed by atoms with Gasteiger partial charge < -0.3 is 14.2 Å². The van der Waals surface area contributed by atoms with E-state index in [2.05, 4.69) is 4.98 Å². The molecule has 0 bridgehead atoms. The van der Waals surface area contributed by atoms with Crippen LogP contribution in [0.4, 0.5) is 5.69 Å². The molecule has 2 aromatic carbocycles. The number of pyridine rings is 1. The van der Waals surface area contributed by atoms with Gasteiger partial charge in [-0.15, -0.1) is 0 Å². The number of hydrogen-bond donors (Lipinski definition) is 0. The van der Waals surface area contributed by atoms with E-state index in [9.17, 15) is 10.1 Å². The highest BCUT2D eigenvalue weighted by Crippen LogP contribution is 2.29. The highest BCUT2D eigenvalue weighted by molar-refractivity contribution is 5.43. The Kier molecular flexibility index (Phi) is 5.28. The van der Waals surface area contributed by atoms with Gasteiger partial charge in [0.15, 0.2) is 0 Å². The maximum Gasteiger partial charge on any atom is 0.331 e. The number of methoxy groups -OCH3 is 1. The number of aromatic nitrogens is 1. The second-order valence-electron chi connectivity index (χ2n) is 5.30. The fourth-order valence-corrected chi connectivity index (χ4v) is 2.20. The third kappa shape index (κ3) is 4.27. The van der Waals surface area contributed by atoms with Crippen LogP contribution in [0.15, 0.2) is 66.9 Å². The Balaban J connectivity index is 1.62. The molecule has 1 aromatic heterocycles. The molecule has 0 aliphatic carbocycles. The lowest BCUT2D eigenvalue weighted by Gasteiger charge is -2.09. The molecule has 0 atom stereocenters. The van der Waals surface area contributed by atoms with Gasteiger partial charge in [-0.3, -0.25) is 10.1 Å². The van der Waals surface area contributed by atoms with Crippen LogP contribution in [-0.2, 0) is 6.61 Å². The predicted octanol–water partition coefficient (Wildman–Crippen LogP) is 4.37. The molecule has 3 rings (SSSR count). The quantitative estimate of drug-likeness (QED) is 0.464. The number of nitro groups is 1. The molecule has 0 amide bonds. The van der Waals surface area contributed by atoms with Gasteiger partial charge in [-0.2, -0.15) is 0 Å². The SMILES string of the molecule is COc1ccc(COc2ccc(Oc3ncccc3[N+](=O)[O-])cc2)cc1. The first-order chi connectivity index (χ1) is 12.7. The third-order valence-electron chi connectivity index (χ3n) is 3.55. The summed E-state index contributed by atoms with van der Waals surface area (Å²) in [6, 6.07) is 17.2. The Bertz CT molecular complexity index is 879. The molecular weight excluding hydrogens is 336 g/mol. The largest absolute Gasteiger partial charge is 0.497 e. The lowest BCUT2D eigenvalue weighted by Crippen LogP contribution is -1.97. The molecule has 0 aliphatic heterocycles. The summed E-state index contributed by atoms with van der Waals surface area (Å²) in [4.78, 5) is 14.4. The van der Waals surface area contributed by atoms with E-state index in [1.807, 2.05) is 24.3 Å². The fourth-order valence-electron chi connectivity index (χ4n) is 2.20. The van der Waals surface area contributed by atoms with Gasteiger partial charge in [0.05, 0.1) is 12.0 Å². The topological polar surface area (TPSA) is 83.7 Å². The molecule has 0 saturated heterocycles. The third-order valence-corrected chi connectivity index (χ3v) is 3.55. The van der Waals surface area contributed by atoms with E-state index < -0.39 is 4.92 Å². The van der Waals surface area contributed by atoms with Gasteiger partial charge >= 0.3 is 5.69 Å². The maximum absolute atomic E-state index is 11.0. The molecule has 0 aliphatic rings. The molecule has 0 fully saturated rings. The Hall–Kier alpha value is -3.61. The van der Waals surface area contributed by atoms with E-state index >= 15 is 0 Å². The van der Waals surface area contributed by atoms with Gasteiger partial charge in [0.2, 0.25) is 0 Å². The minimum Gasteiger partial charge on any atom is -0.497 e. The monoisotopic (exact) mass is 352 g/mol. The number of benzene rings is 2. The van der Waals surface area contributed by atoms with Crippen molar-refractivity contribution in [2.45, 2.75) is 6.61 Å². The second-order valence-corrected chi connectivity index (χ2v) is 5.30. The van der Waals surface area contributed by atoms with Crippen molar-refractivity contribution in [1.82, 2.24) is 4.98 Å². The Morgan fingerprint density at radius 1 is 0.962 bits per heavy atom. The zero-order valence-electron chi connectivity index (χ0n) is 14.0. The summed E-state index contributed by atoms with van der Waals surface area (Å²) >= 11 is 0. The van der Waals surface area contributed by atoms with E-state index in [-0.39, 0.29) is 11.6 Å². The van der Waals surface area contributed by atoms with Crippen molar-refractivity contribution in [1.29, 1.82) is 0 Å². The van der Waals surface area contributed by atoms with Crippen molar-refractivity contribution < 1.29 is 19.1 Å². The highest BCUT2D eigenvalue weighted by atomic mass is 16.6. The molecule has 3 aromatic rings. The minimum absolute atomic E-state index is 0.0515. The van der Waals surface area contributed by atoms with Gasteiger partial charge in [0.1, 0.15) is 23.9 Å². The summed E-state index contributed by atoms with van der Waals surface area (Å²) in [6.07, 6.45) is 1.44. The van der Waals surface area contributed by atoms with Crippen LogP contribution in [-0.4, -0.2) is 17.0 Å². The van der Waals surface area contributed by atoms with Crippen LogP contribution >= 0.6 is 0 Å². The van der Waals surface area contributed by atoms with Crippen LogP contribution in [0.3, 0.4) is 0 Å². The van der Waals surface area contributed by atoms with Gasteiger partial charge in [-0.05, 0) is 48.0 Å². The summed E-state index contributed by atoms with van der Waals surface area (Å²) in [5, 5.41) is 11.0. The predicted molar refractivity (Wildman–Crippen MR) is 94.7 cm³/mol. The lowest BCUT2D eigenvalue weighted by molar-refractivity contribution is -0.386. The van der Waals surface area contributed by atoms with Gasteiger partial charge in [-0.1, -0.05) is 12.1 Å². The van der Waals surface area contributed by atoms with E-state index in [0.717, 1.165) is 11.3 Å². The first kappa shape index (κ1) is 17.2.